The summed E-state index contributed by atoms with van der Waals surface area (Å²) in [5.74, 6) is 1.06. The minimum atomic E-state index is -0.563. The maximum atomic E-state index is 10.2. The molecule has 4 aromatic heterocycles. The van der Waals surface area contributed by atoms with Gasteiger partial charge in [0.15, 0.2) is 0 Å². The van der Waals surface area contributed by atoms with Crippen LogP contribution in [0.25, 0.3) is 22.2 Å². The van der Waals surface area contributed by atoms with E-state index in [4.69, 9.17) is 4.74 Å². The largest absolute Gasteiger partial charge is 0.479 e. The molecule has 150 valence electrons. The second kappa shape index (κ2) is 6.73. The second-order valence-corrected chi connectivity index (χ2v) is 8.00. The fraction of sp³-hybridized carbons (Fsp3) is 0.381. The van der Waals surface area contributed by atoms with Crippen LogP contribution in [-0.4, -0.2) is 48.1 Å². The molecular weight excluding hydrogens is 368 g/mol. The van der Waals surface area contributed by atoms with Crippen molar-refractivity contribution >= 4 is 17.0 Å². The maximum absolute atomic E-state index is 10.2. The number of rotatable bonds is 4. The standard InChI is InChI=1S/C21H24N6O2/c1-21(28)8-3-15(4-9-21)23-20-24-19(29-2)18-17(7-12-27(18)25-20)14-6-11-26-16(13-14)5-10-22-26/h5-7,10-13,15,28H,3-4,8-9H2,1-2H3,(H,23,25)/t15-,21+. The van der Waals surface area contributed by atoms with Crippen molar-refractivity contribution in [1.82, 2.24) is 24.2 Å². The molecule has 0 unspecified atom stereocenters. The van der Waals surface area contributed by atoms with Gasteiger partial charge in [-0.05, 0) is 62.4 Å². The second-order valence-electron chi connectivity index (χ2n) is 8.00. The van der Waals surface area contributed by atoms with Gasteiger partial charge < -0.3 is 15.2 Å². The maximum Gasteiger partial charge on any atom is 0.244 e. The predicted molar refractivity (Wildman–Crippen MR) is 110 cm³/mol. The zero-order valence-electron chi connectivity index (χ0n) is 16.5. The van der Waals surface area contributed by atoms with Gasteiger partial charge in [0.1, 0.15) is 5.52 Å². The van der Waals surface area contributed by atoms with Gasteiger partial charge in [-0.15, -0.1) is 5.10 Å². The molecule has 0 atom stereocenters. The van der Waals surface area contributed by atoms with Crippen LogP contribution in [0.5, 0.6) is 5.88 Å². The Labute approximate surface area is 168 Å². The number of ether oxygens (including phenoxy) is 1. The predicted octanol–water partition coefficient (Wildman–Crippen LogP) is 3.16. The van der Waals surface area contributed by atoms with Gasteiger partial charge in [-0.3, -0.25) is 0 Å². The lowest BCUT2D eigenvalue weighted by Crippen LogP contribution is -2.36. The summed E-state index contributed by atoms with van der Waals surface area (Å²) >= 11 is 0. The van der Waals surface area contributed by atoms with E-state index in [-0.39, 0.29) is 6.04 Å². The molecule has 0 radical (unpaired) electrons. The molecule has 5 rings (SSSR count). The molecule has 8 heteroatoms. The molecule has 0 aromatic carbocycles. The third-order valence-corrected chi connectivity index (χ3v) is 5.78. The number of nitrogens with one attached hydrogen (secondary N) is 1. The van der Waals surface area contributed by atoms with Crippen molar-refractivity contribution in [1.29, 1.82) is 0 Å². The zero-order chi connectivity index (χ0) is 20.0. The molecule has 4 aromatic rings. The summed E-state index contributed by atoms with van der Waals surface area (Å²) in [6, 6.07) is 8.35. The SMILES string of the molecule is COc1nc(N[C@H]2CC[C@@](C)(O)CC2)nn2ccc(-c3ccn4nccc4c3)c12. The van der Waals surface area contributed by atoms with Gasteiger partial charge in [0.2, 0.25) is 11.8 Å². The lowest BCUT2D eigenvalue weighted by molar-refractivity contribution is 0.0195. The molecule has 8 nitrogen and oxygen atoms in total. The Morgan fingerprint density at radius 2 is 1.97 bits per heavy atom. The van der Waals surface area contributed by atoms with E-state index in [9.17, 15) is 5.11 Å². The van der Waals surface area contributed by atoms with Crippen LogP contribution in [0.15, 0.2) is 42.9 Å². The van der Waals surface area contributed by atoms with Gasteiger partial charge in [-0.2, -0.15) is 10.1 Å². The molecule has 2 N–H and O–H groups in total. The van der Waals surface area contributed by atoms with Crippen LogP contribution in [0.1, 0.15) is 32.6 Å². The van der Waals surface area contributed by atoms with Crippen LogP contribution in [-0.2, 0) is 0 Å². The summed E-state index contributed by atoms with van der Waals surface area (Å²) < 4.78 is 9.25. The summed E-state index contributed by atoms with van der Waals surface area (Å²) in [6.45, 7) is 1.90. The normalized spacial score (nSPS) is 22.2. The molecule has 0 spiro atoms. The van der Waals surface area contributed by atoms with Gasteiger partial charge in [0.25, 0.3) is 0 Å². The van der Waals surface area contributed by atoms with E-state index >= 15 is 0 Å². The number of aromatic nitrogens is 5. The first-order chi connectivity index (χ1) is 14.0. The Hall–Kier alpha value is -3.13. The van der Waals surface area contributed by atoms with E-state index in [0.717, 1.165) is 47.8 Å². The minimum Gasteiger partial charge on any atom is -0.479 e. The molecule has 0 saturated heterocycles. The molecule has 1 fully saturated rings. The molecule has 0 aliphatic heterocycles. The fourth-order valence-electron chi connectivity index (χ4n) is 4.08. The Bertz CT molecular complexity index is 1170. The van der Waals surface area contributed by atoms with E-state index in [2.05, 4.69) is 26.6 Å². The van der Waals surface area contributed by atoms with Crippen LogP contribution in [0, 0.1) is 0 Å². The Kier molecular flexibility index (Phi) is 4.16. The van der Waals surface area contributed by atoms with Crippen molar-refractivity contribution in [2.45, 2.75) is 44.2 Å². The Morgan fingerprint density at radius 3 is 2.76 bits per heavy atom. The zero-order valence-corrected chi connectivity index (χ0v) is 16.5. The van der Waals surface area contributed by atoms with E-state index in [1.54, 1.807) is 13.3 Å². The molecule has 4 heterocycles. The van der Waals surface area contributed by atoms with Gasteiger partial charge in [-0.1, -0.05) is 0 Å². The summed E-state index contributed by atoms with van der Waals surface area (Å²) in [7, 11) is 1.63. The molecule has 0 amide bonds. The number of hydrogen-bond acceptors (Lipinski definition) is 6. The average molecular weight is 392 g/mol. The van der Waals surface area contributed by atoms with Crippen molar-refractivity contribution in [3.05, 3.63) is 42.9 Å². The Morgan fingerprint density at radius 1 is 1.17 bits per heavy atom. The first-order valence-electron chi connectivity index (χ1n) is 9.88. The monoisotopic (exact) mass is 392 g/mol. The van der Waals surface area contributed by atoms with Crippen LogP contribution in [0.4, 0.5) is 5.95 Å². The highest BCUT2D eigenvalue weighted by atomic mass is 16.5. The van der Waals surface area contributed by atoms with Crippen molar-refractivity contribution in [2.75, 3.05) is 12.4 Å². The van der Waals surface area contributed by atoms with Crippen LogP contribution >= 0.6 is 0 Å². The number of anilines is 1. The van der Waals surface area contributed by atoms with Crippen molar-refractivity contribution in [3.8, 4) is 17.0 Å². The third kappa shape index (κ3) is 3.29. The molecule has 1 saturated carbocycles. The van der Waals surface area contributed by atoms with E-state index < -0.39 is 5.60 Å². The molecule has 1 aliphatic carbocycles. The quantitative estimate of drug-likeness (QED) is 0.555. The minimum absolute atomic E-state index is 0.247. The number of fused-ring (bicyclic) bond motifs is 2. The summed E-state index contributed by atoms with van der Waals surface area (Å²) in [6.07, 6.45) is 8.96. The van der Waals surface area contributed by atoms with Gasteiger partial charge in [-0.25, -0.2) is 9.03 Å². The molecule has 1 aliphatic rings. The fourth-order valence-corrected chi connectivity index (χ4v) is 4.08. The highest BCUT2D eigenvalue weighted by molar-refractivity contribution is 5.85. The highest BCUT2D eigenvalue weighted by Gasteiger charge is 2.29. The third-order valence-electron chi connectivity index (χ3n) is 5.78. The average Bonchev–Trinajstić information content (AvgIpc) is 3.35. The van der Waals surface area contributed by atoms with Gasteiger partial charge in [0.05, 0.1) is 18.2 Å². The Balaban J connectivity index is 1.49. The molecule has 29 heavy (non-hydrogen) atoms. The molecule has 0 bridgehead atoms. The van der Waals surface area contributed by atoms with E-state index in [1.807, 2.05) is 46.5 Å². The lowest BCUT2D eigenvalue weighted by atomic mass is 9.84. The van der Waals surface area contributed by atoms with Crippen molar-refractivity contribution < 1.29 is 9.84 Å². The smallest absolute Gasteiger partial charge is 0.244 e. The number of methoxy groups -OCH3 is 1. The number of pyridine rings is 1. The summed E-state index contributed by atoms with van der Waals surface area (Å²) in [5, 5.41) is 22.5. The lowest BCUT2D eigenvalue weighted by Gasteiger charge is -2.33. The van der Waals surface area contributed by atoms with Crippen molar-refractivity contribution in [2.24, 2.45) is 0 Å². The number of aliphatic hydroxyl groups is 1. The van der Waals surface area contributed by atoms with Crippen LogP contribution in [0.2, 0.25) is 0 Å². The summed E-state index contributed by atoms with van der Waals surface area (Å²) in [4.78, 5) is 4.62. The van der Waals surface area contributed by atoms with Crippen LogP contribution in [0.3, 0.4) is 0 Å². The molecular formula is C21H24N6O2. The van der Waals surface area contributed by atoms with Gasteiger partial charge >= 0.3 is 0 Å². The first kappa shape index (κ1) is 17.9. The van der Waals surface area contributed by atoms with Gasteiger partial charge in [0, 0.05) is 30.2 Å². The van der Waals surface area contributed by atoms with E-state index in [0.29, 0.717) is 11.8 Å². The summed E-state index contributed by atoms with van der Waals surface area (Å²) in [5.41, 5.74) is 3.34. The van der Waals surface area contributed by atoms with Crippen molar-refractivity contribution in [3.63, 3.8) is 0 Å². The number of nitrogens with zero attached hydrogens (tertiary/aromatic N) is 5. The number of hydrogen-bond donors (Lipinski definition) is 2. The van der Waals surface area contributed by atoms with E-state index in [1.165, 1.54) is 0 Å². The topological polar surface area (TPSA) is 89.0 Å². The highest BCUT2D eigenvalue weighted by Crippen LogP contribution is 2.33. The first-order valence-corrected chi connectivity index (χ1v) is 9.88. The van der Waals surface area contributed by atoms with Crippen LogP contribution < -0.4 is 10.1 Å².